The zero-order valence-electron chi connectivity index (χ0n) is 6.35. The fraction of sp³-hybridized carbons (Fsp3) is 1.00. The SMILES string of the molecule is CCCCCC.Cl.Cl.P. The molecule has 0 saturated heterocycles. The minimum atomic E-state index is 0. The molecule has 0 fully saturated rings. The molecule has 0 aliphatic carbocycles. The van der Waals surface area contributed by atoms with Crippen LogP contribution >= 0.6 is 34.7 Å². The van der Waals surface area contributed by atoms with Gasteiger partial charge in [-0.3, -0.25) is 0 Å². The summed E-state index contributed by atoms with van der Waals surface area (Å²) in [6.45, 7) is 4.46. The second-order valence-electron chi connectivity index (χ2n) is 1.71. The standard InChI is InChI=1S/C6H14.2ClH.H3P/c1-3-5-6-4-2;;;/h3-6H2,1-2H3;2*1H;1H3. The molecule has 0 spiro atoms. The van der Waals surface area contributed by atoms with Crippen molar-refractivity contribution in [3.8, 4) is 0 Å². The highest BCUT2D eigenvalue weighted by Crippen LogP contribution is 1.95. The molecule has 0 amide bonds. The van der Waals surface area contributed by atoms with Crippen molar-refractivity contribution in [2.45, 2.75) is 39.5 Å². The van der Waals surface area contributed by atoms with Gasteiger partial charge < -0.3 is 0 Å². The maximum absolute atomic E-state index is 2.23. The summed E-state index contributed by atoms with van der Waals surface area (Å²) in [5.74, 6) is 0. The van der Waals surface area contributed by atoms with E-state index in [2.05, 4.69) is 13.8 Å². The van der Waals surface area contributed by atoms with Gasteiger partial charge in [0.05, 0.1) is 0 Å². The lowest BCUT2D eigenvalue weighted by Crippen LogP contribution is -1.66. The summed E-state index contributed by atoms with van der Waals surface area (Å²) in [6, 6.07) is 0. The zero-order valence-corrected chi connectivity index (χ0v) is 9.40. The third-order valence-electron chi connectivity index (χ3n) is 0.957. The summed E-state index contributed by atoms with van der Waals surface area (Å²) < 4.78 is 0. The summed E-state index contributed by atoms with van der Waals surface area (Å²) in [7, 11) is 0. The van der Waals surface area contributed by atoms with Crippen LogP contribution in [0.1, 0.15) is 39.5 Å². The zero-order chi connectivity index (χ0) is 4.83. The molecule has 0 nitrogen and oxygen atoms in total. The molecule has 0 bridgehead atoms. The van der Waals surface area contributed by atoms with Crippen LogP contribution in [-0.4, -0.2) is 0 Å². The maximum Gasteiger partial charge on any atom is -0.0536 e. The van der Waals surface area contributed by atoms with Gasteiger partial charge in [0.15, 0.2) is 0 Å². The molecule has 0 heterocycles. The molecule has 1 unspecified atom stereocenters. The van der Waals surface area contributed by atoms with Crippen LogP contribution in [0.4, 0.5) is 0 Å². The van der Waals surface area contributed by atoms with Crippen LogP contribution in [-0.2, 0) is 0 Å². The molecule has 3 heteroatoms. The van der Waals surface area contributed by atoms with Crippen LogP contribution < -0.4 is 0 Å². The number of hydrogen-bond donors (Lipinski definition) is 0. The quantitative estimate of drug-likeness (QED) is 0.475. The molecule has 0 aromatic heterocycles. The second-order valence-corrected chi connectivity index (χ2v) is 1.71. The fourth-order valence-corrected chi connectivity index (χ4v) is 0.500. The summed E-state index contributed by atoms with van der Waals surface area (Å²) in [5, 5.41) is 0. The maximum atomic E-state index is 2.23. The van der Waals surface area contributed by atoms with Crippen LogP contribution in [0.3, 0.4) is 0 Å². The van der Waals surface area contributed by atoms with Gasteiger partial charge in [-0.05, 0) is 0 Å². The third-order valence-corrected chi connectivity index (χ3v) is 0.957. The van der Waals surface area contributed by atoms with Crippen molar-refractivity contribution in [1.29, 1.82) is 0 Å². The lowest BCUT2D eigenvalue weighted by Gasteiger charge is -1.86. The van der Waals surface area contributed by atoms with Gasteiger partial charge in [-0.25, -0.2) is 0 Å². The molecule has 0 N–H and O–H groups in total. The minimum absolute atomic E-state index is 0. The Hall–Kier alpha value is 1.01. The Morgan fingerprint density at radius 3 is 1.11 bits per heavy atom. The highest BCUT2D eigenvalue weighted by Gasteiger charge is 1.75. The summed E-state index contributed by atoms with van der Waals surface area (Å²) in [5.41, 5.74) is 0. The van der Waals surface area contributed by atoms with E-state index in [-0.39, 0.29) is 34.7 Å². The number of rotatable bonds is 3. The van der Waals surface area contributed by atoms with Crippen LogP contribution in [0.5, 0.6) is 0 Å². The van der Waals surface area contributed by atoms with E-state index in [0.717, 1.165) is 0 Å². The van der Waals surface area contributed by atoms with Crippen molar-refractivity contribution in [3.63, 3.8) is 0 Å². The van der Waals surface area contributed by atoms with E-state index in [4.69, 9.17) is 0 Å². The summed E-state index contributed by atoms with van der Waals surface area (Å²) in [6.07, 6.45) is 5.54. The van der Waals surface area contributed by atoms with E-state index < -0.39 is 0 Å². The molecular formula is C6H19Cl2P. The third kappa shape index (κ3) is 27.5. The molecule has 0 rings (SSSR count). The average molecular weight is 193 g/mol. The topological polar surface area (TPSA) is 0 Å². The van der Waals surface area contributed by atoms with Crippen molar-refractivity contribution in [1.82, 2.24) is 0 Å². The Morgan fingerprint density at radius 1 is 0.778 bits per heavy atom. The van der Waals surface area contributed by atoms with Crippen molar-refractivity contribution in [2.24, 2.45) is 0 Å². The largest absolute Gasteiger partial charge is 0.153 e. The summed E-state index contributed by atoms with van der Waals surface area (Å²) >= 11 is 0. The minimum Gasteiger partial charge on any atom is -0.153 e. The molecule has 0 saturated carbocycles. The predicted molar refractivity (Wildman–Crippen MR) is 55.4 cm³/mol. The smallest absolute Gasteiger partial charge is 0.0536 e. The van der Waals surface area contributed by atoms with Crippen molar-refractivity contribution in [3.05, 3.63) is 0 Å². The molecule has 0 aliphatic heterocycles. The average Bonchev–Trinajstić information content (AvgIpc) is 1.61. The first-order chi connectivity index (χ1) is 2.91. The molecule has 1 atom stereocenters. The number of halogens is 2. The van der Waals surface area contributed by atoms with Gasteiger partial charge in [0.2, 0.25) is 0 Å². The van der Waals surface area contributed by atoms with Crippen LogP contribution in [0.25, 0.3) is 0 Å². The van der Waals surface area contributed by atoms with E-state index in [1.165, 1.54) is 25.7 Å². The van der Waals surface area contributed by atoms with Gasteiger partial charge in [0, 0.05) is 0 Å². The van der Waals surface area contributed by atoms with Gasteiger partial charge in [0.1, 0.15) is 0 Å². The lowest BCUT2D eigenvalue weighted by atomic mass is 10.2. The predicted octanol–water partition coefficient (Wildman–Crippen LogP) is 3.49. The molecule has 0 aromatic rings. The van der Waals surface area contributed by atoms with Crippen molar-refractivity contribution >= 4 is 34.7 Å². The van der Waals surface area contributed by atoms with Gasteiger partial charge in [-0.15, -0.1) is 24.8 Å². The molecule has 0 aromatic carbocycles. The number of unbranched alkanes of at least 4 members (excludes halogenated alkanes) is 3. The normalized spacial score (nSPS) is 6.00. The Morgan fingerprint density at radius 2 is 1.00 bits per heavy atom. The molecule has 0 radical (unpaired) electrons. The molecular weight excluding hydrogens is 174 g/mol. The van der Waals surface area contributed by atoms with E-state index in [1.54, 1.807) is 0 Å². The highest BCUT2D eigenvalue weighted by molar-refractivity contribution is 6.92. The first kappa shape index (κ1) is 22.5. The molecule has 9 heavy (non-hydrogen) atoms. The van der Waals surface area contributed by atoms with E-state index in [0.29, 0.717) is 0 Å². The molecule has 0 aliphatic rings. The van der Waals surface area contributed by atoms with Gasteiger partial charge >= 0.3 is 0 Å². The first-order valence-electron chi connectivity index (χ1n) is 2.91. The lowest BCUT2D eigenvalue weighted by molar-refractivity contribution is 0.702. The highest BCUT2D eigenvalue weighted by atomic mass is 35.5. The van der Waals surface area contributed by atoms with Crippen LogP contribution in [0, 0.1) is 0 Å². The van der Waals surface area contributed by atoms with Gasteiger partial charge in [0.25, 0.3) is 0 Å². The summed E-state index contributed by atoms with van der Waals surface area (Å²) in [4.78, 5) is 0. The van der Waals surface area contributed by atoms with E-state index in [9.17, 15) is 0 Å². The van der Waals surface area contributed by atoms with E-state index in [1.807, 2.05) is 0 Å². The number of hydrogen-bond acceptors (Lipinski definition) is 0. The fourth-order valence-electron chi connectivity index (χ4n) is 0.500. The Labute approximate surface area is 74.6 Å². The van der Waals surface area contributed by atoms with Gasteiger partial charge in [-0.1, -0.05) is 39.5 Å². The Kier molecular flexibility index (Phi) is 57.6. The Balaban J connectivity index is -0.0000000417. The molecule has 62 valence electrons. The van der Waals surface area contributed by atoms with Gasteiger partial charge in [-0.2, -0.15) is 9.90 Å². The van der Waals surface area contributed by atoms with Crippen LogP contribution in [0.15, 0.2) is 0 Å². The first-order valence-corrected chi connectivity index (χ1v) is 2.91. The van der Waals surface area contributed by atoms with Crippen molar-refractivity contribution in [2.75, 3.05) is 0 Å². The van der Waals surface area contributed by atoms with Crippen LogP contribution in [0.2, 0.25) is 0 Å². The van der Waals surface area contributed by atoms with Crippen molar-refractivity contribution < 1.29 is 0 Å². The van der Waals surface area contributed by atoms with E-state index >= 15 is 0 Å². The second kappa shape index (κ2) is 23.0. The monoisotopic (exact) mass is 192 g/mol. The Bertz CT molecular complexity index is 23.0.